The van der Waals surface area contributed by atoms with E-state index in [4.69, 9.17) is 9.47 Å². The molecular formula is C19H27NO2. The van der Waals surface area contributed by atoms with Gasteiger partial charge in [-0.05, 0) is 37.2 Å². The van der Waals surface area contributed by atoms with Gasteiger partial charge in [-0.2, -0.15) is 0 Å². The van der Waals surface area contributed by atoms with Crippen molar-refractivity contribution in [3.8, 4) is 0 Å². The van der Waals surface area contributed by atoms with Crippen LogP contribution >= 0.6 is 0 Å². The van der Waals surface area contributed by atoms with Crippen molar-refractivity contribution < 1.29 is 9.47 Å². The van der Waals surface area contributed by atoms with Gasteiger partial charge in [-0.25, -0.2) is 0 Å². The summed E-state index contributed by atoms with van der Waals surface area (Å²) in [5.74, 6) is 1.00. The third-order valence-corrected chi connectivity index (χ3v) is 5.48. The number of benzene rings is 1. The summed E-state index contributed by atoms with van der Waals surface area (Å²) in [5.41, 5.74) is 1.37. The first kappa shape index (κ1) is 14.7. The van der Waals surface area contributed by atoms with E-state index in [9.17, 15) is 0 Å². The largest absolute Gasteiger partial charge is 0.372 e. The molecule has 0 aromatic heterocycles. The van der Waals surface area contributed by atoms with E-state index in [1.165, 1.54) is 50.9 Å². The SMILES string of the molecule is c1ccc(COC2COC3(CCN(CC4CC4)CC3)C2)cc1. The molecule has 4 rings (SSSR count). The maximum absolute atomic E-state index is 6.20. The lowest BCUT2D eigenvalue weighted by Gasteiger charge is -2.38. The fourth-order valence-electron chi connectivity index (χ4n) is 3.86. The van der Waals surface area contributed by atoms with Gasteiger partial charge in [0.1, 0.15) is 0 Å². The van der Waals surface area contributed by atoms with E-state index in [1.807, 2.05) is 6.07 Å². The Balaban J connectivity index is 1.24. The molecule has 3 heteroatoms. The monoisotopic (exact) mass is 301 g/mol. The fraction of sp³-hybridized carbons (Fsp3) is 0.684. The van der Waals surface area contributed by atoms with Crippen molar-refractivity contribution in [1.29, 1.82) is 0 Å². The summed E-state index contributed by atoms with van der Waals surface area (Å²) >= 11 is 0. The van der Waals surface area contributed by atoms with Crippen molar-refractivity contribution in [2.75, 3.05) is 26.2 Å². The molecule has 2 heterocycles. The van der Waals surface area contributed by atoms with Crippen LogP contribution in [-0.4, -0.2) is 42.8 Å². The molecule has 1 spiro atoms. The van der Waals surface area contributed by atoms with Gasteiger partial charge < -0.3 is 14.4 Å². The summed E-state index contributed by atoms with van der Waals surface area (Å²) in [4.78, 5) is 2.64. The summed E-state index contributed by atoms with van der Waals surface area (Å²) < 4.78 is 12.3. The van der Waals surface area contributed by atoms with Crippen LogP contribution in [-0.2, 0) is 16.1 Å². The van der Waals surface area contributed by atoms with E-state index in [1.54, 1.807) is 0 Å². The topological polar surface area (TPSA) is 21.7 Å². The molecule has 1 saturated carbocycles. The molecule has 1 aromatic rings. The van der Waals surface area contributed by atoms with Gasteiger partial charge in [0.2, 0.25) is 0 Å². The quantitative estimate of drug-likeness (QED) is 0.833. The predicted molar refractivity (Wildman–Crippen MR) is 86.7 cm³/mol. The van der Waals surface area contributed by atoms with Gasteiger partial charge >= 0.3 is 0 Å². The van der Waals surface area contributed by atoms with Gasteiger partial charge in [0.05, 0.1) is 24.9 Å². The molecule has 1 aromatic carbocycles. The van der Waals surface area contributed by atoms with Crippen LogP contribution in [0.5, 0.6) is 0 Å². The van der Waals surface area contributed by atoms with Crippen LogP contribution in [0.2, 0.25) is 0 Å². The Hall–Kier alpha value is -0.900. The maximum atomic E-state index is 6.20. The molecule has 3 aliphatic rings. The molecule has 22 heavy (non-hydrogen) atoms. The van der Waals surface area contributed by atoms with E-state index in [2.05, 4.69) is 29.2 Å². The number of nitrogens with zero attached hydrogens (tertiary/aromatic N) is 1. The van der Waals surface area contributed by atoms with E-state index < -0.39 is 0 Å². The molecule has 1 unspecified atom stereocenters. The zero-order valence-electron chi connectivity index (χ0n) is 13.4. The number of piperidine rings is 1. The Morgan fingerprint density at radius 3 is 2.64 bits per heavy atom. The van der Waals surface area contributed by atoms with E-state index in [0.717, 1.165) is 18.9 Å². The zero-order chi connectivity index (χ0) is 14.8. The second kappa shape index (κ2) is 6.31. The average Bonchev–Trinajstić information content (AvgIpc) is 3.29. The van der Waals surface area contributed by atoms with Gasteiger partial charge in [0.25, 0.3) is 0 Å². The summed E-state index contributed by atoms with van der Waals surface area (Å²) in [5, 5.41) is 0. The van der Waals surface area contributed by atoms with Crippen LogP contribution in [0.3, 0.4) is 0 Å². The highest BCUT2D eigenvalue weighted by Gasteiger charge is 2.43. The molecule has 3 fully saturated rings. The summed E-state index contributed by atoms with van der Waals surface area (Å²) in [7, 11) is 0. The van der Waals surface area contributed by atoms with Crippen molar-refractivity contribution >= 4 is 0 Å². The number of likely N-dealkylation sites (tertiary alicyclic amines) is 1. The van der Waals surface area contributed by atoms with Crippen LogP contribution < -0.4 is 0 Å². The lowest BCUT2D eigenvalue weighted by molar-refractivity contribution is -0.0460. The van der Waals surface area contributed by atoms with Gasteiger partial charge in [-0.1, -0.05) is 30.3 Å². The molecule has 1 atom stereocenters. The average molecular weight is 301 g/mol. The molecule has 2 saturated heterocycles. The summed E-state index contributed by atoms with van der Waals surface area (Å²) in [6, 6.07) is 10.4. The smallest absolute Gasteiger partial charge is 0.0840 e. The van der Waals surface area contributed by atoms with Crippen LogP contribution in [0.15, 0.2) is 30.3 Å². The molecular weight excluding hydrogens is 274 g/mol. The van der Waals surface area contributed by atoms with Crippen LogP contribution in [0.25, 0.3) is 0 Å². The standard InChI is InChI=1S/C19H27NO2/c1-2-4-17(5-3-1)14-21-18-12-19(22-15-18)8-10-20(11-9-19)13-16-6-7-16/h1-5,16,18H,6-15H2. The van der Waals surface area contributed by atoms with Gasteiger partial charge in [0.15, 0.2) is 0 Å². The summed E-state index contributed by atoms with van der Waals surface area (Å²) in [6.07, 6.45) is 6.63. The van der Waals surface area contributed by atoms with Gasteiger partial charge in [0, 0.05) is 26.1 Å². The van der Waals surface area contributed by atoms with Crippen molar-refractivity contribution in [2.45, 2.75) is 50.4 Å². The third kappa shape index (κ3) is 3.53. The Morgan fingerprint density at radius 2 is 1.91 bits per heavy atom. The van der Waals surface area contributed by atoms with Crippen molar-refractivity contribution in [2.24, 2.45) is 5.92 Å². The Labute approximate surface area is 133 Å². The first-order chi connectivity index (χ1) is 10.8. The lowest BCUT2D eigenvalue weighted by Crippen LogP contribution is -2.44. The van der Waals surface area contributed by atoms with Gasteiger partial charge in [-0.3, -0.25) is 0 Å². The predicted octanol–water partition coefficient (Wildman–Crippen LogP) is 3.24. The molecule has 2 aliphatic heterocycles. The van der Waals surface area contributed by atoms with E-state index in [0.29, 0.717) is 6.61 Å². The van der Waals surface area contributed by atoms with Crippen LogP contribution in [0.1, 0.15) is 37.7 Å². The van der Waals surface area contributed by atoms with Crippen molar-refractivity contribution in [3.05, 3.63) is 35.9 Å². The maximum Gasteiger partial charge on any atom is 0.0840 e. The number of rotatable bonds is 5. The molecule has 0 bridgehead atoms. The number of hydrogen-bond acceptors (Lipinski definition) is 3. The first-order valence-corrected chi connectivity index (χ1v) is 8.83. The Kier molecular flexibility index (Phi) is 4.21. The zero-order valence-corrected chi connectivity index (χ0v) is 13.4. The number of ether oxygens (including phenoxy) is 2. The lowest BCUT2D eigenvalue weighted by atomic mass is 9.88. The Morgan fingerprint density at radius 1 is 1.14 bits per heavy atom. The minimum atomic E-state index is 0.113. The van der Waals surface area contributed by atoms with Crippen molar-refractivity contribution in [1.82, 2.24) is 4.90 Å². The summed E-state index contributed by atoms with van der Waals surface area (Å²) in [6.45, 7) is 5.22. The number of hydrogen-bond donors (Lipinski definition) is 0. The molecule has 3 nitrogen and oxygen atoms in total. The van der Waals surface area contributed by atoms with E-state index >= 15 is 0 Å². The minimum absolute atomic E-state index is 0.113. The van der Waals surface area contributed by atoms with E-state index in [-0.39, 0.29) is 11.7 Å². The molecule has 120 valence electrons. The molecule has 0 radical (unpaired) electrons. The fourth-order valence-corrected chi connectivity index (χ4v) is 3.86. The second-order valence-corrected chi connectivity index (χ2v) is 7.36. The highest BCUT2D eigenvalue weighted by Crippen LogP contribution is 2.38. The highest BCUT2D eigenvalue weighted by atomic mass is 16.6. The van der Waals surface area contributed by atoms with Gasteiger partial charge in [-0.15, -0.1) is 0 Å². The third-order valence-electron chi connectivity index (χ3n) is 5.48. The first-order valence-electron chi connectivity index (χ1n) is 8.83. The van der Waals surface area contributed by atoms with Crippen LogP contribution in [0, 0.1) is 5.92 Å². The molecule has 0 amide bonds. The minimum Gasteiger partial charge on any atom is -0.372 e. The Bertz CT molecular complexity index is 477. The molecule has 0 N–H and O–H groups in total. The second-order valence-electron chi connectivity index (χ2n) is 7.36. The van der Waals surface area contributed by atoms with Crippen LogP contribution in [0.4, 0.5) is 0 Å². The molecule has 1 aliphatic carbocycles. The van der Waals surface area contributed by atoms with Crippen molar-refractivity contribution in [3.63, 3.8) is 0 Å². The normalized spacial score (nSPS) is 28.3. The highest BCUT2D eigenvalue weighted by molar-refractivity contribution is 5.13.